The van der Waals surface area contributed by atoms with E-state index in [4.69, 9.17) is 4.42 Å². The van der Waals surface area contributed by atoms with Gasteiger partial charge in [0.05, 0.1) is 11.2 Å². The van der Waals surface area contributed by atoms with E-state index < -0.39 is 28.7 Å². The Hall–Kier alpha value is -3.95. The van der Waals surface area contributed by atoms with Gasteiger partial charge in [-0.15, -0.1) is 0 Å². The molecule has 3 N–H and O–H groups in total. The fraction of sp³-hybridized carbons (Fsp3) is 0.250. The standard InChI is InChI=1S/C20H21N3O7/c1-12(2)10-16(20(26)27)22-18(24)15(21-19(25)17-4-3-9-30-17)11-13-5-7-14(8-6-13)23(28)29/h3-9,11-12,16H,10H2,1-2H3,(H,21,25)(H,22,24)(H,26,27). The Morgan fingerprint density at radius 3 is 2.37 bits per heavy atom. The summed E-state index contributed by atoms with van der Waals surface area (Å²) in [5.74, 6) is -2.77. The average Bonchev–Trinajstić information content (AvgIpc) is 3.21. The third kappa shape index (κ3) is 6.30. The van der Waals surface area contributed by atoms with Crippen molar-refractivity contribution in [3.63, 3.8) is 0 Å². The van der Waals surface area contributed by atoms with E-state index in [1.54, 1.807) is 0 Å². The normalized spacial score (nSPS) is 12.3. The van der Waals surface area contributed by atoms with Gasteiger partial charge in [-0.25, -0.2) is 4.79 Å². The summed E-state index contributed by atoms with van der Waals surface area (Å²) in [6, 6.07) is 7.02. The molecular weight excluding hydrogens is 394 g/mol. The average molecular weight is 415 g/mol. The van der Waals surface area contributed by atoms with Crippen molar-refractivity contribution >= 4 is 29.5 Å². The van der Waals surface area contributed by atoms with E-state index in [0.29, 0.717) is 5.56 Å². The van der Waals surface area contributed by atoms with Gasteiger partial charge in [-0.05, 0) is 48.2 Å². The third-order valence-electron chi connectivity index (χ3n) is 3.96. The van der Waals surface area contributed by atoms with Crippen LogP contribution in [0.1, 0.15) is 36.4 Å². The van der Waals surface area contributed by atoms with E-state index in [9.17, 15) is 29.6 Å². The molecule has 1 aromatic heterocycles. The maximum Gasteiger partial charge on any atom is 0.326 e. The summed E-state index contributed by atoms with van der Waals surface area (Å²) in [5, 5.41) is 24.9. The van der Waals surface area contributed by atoms with Crippen LogP contribution in [0.15, 0.2) is 52.8 Å². The topological polar surface area (TPSA) is 152 Å². The number of hydrogen-bond acceptors (Lipinski definition) is 6. The van der Waals surface area contributed by atoms with Gasteiger partial charge >= 0.3 is 5.97 Å². The van der Waals surface area contributed by atoms with Gasteiger partial charge in [0.25, 0.3) is 17.5 Å². The van der Waals surface area contributed by atoms with Crippen LogP contribution in [0.3, 0.4) is 0 Å². The molecule has 0 fully saturated rings. The molecule has 158 valence electrons. The number of carboxylic acids is 1. The Morgan fingerprint density at radius 2 is 1.87 bits per heavy atom. The van der Waals surface area contributed by atoms with Crippen molar-refractivity contribution < 1.29 is 28.8 Å². The van der Waals surface area contributed by atoms with Gasteiger partial charge in [-0.1, -0.05) is 13.8 Å². The number of aliphatic carboxylic acids is 1. The van der Waals surface area contributed by atoms with E-state index >= 15 is 0 Å². The zero-order valence-electron chi connectivity index (χ0n) is 16.3. The SMILES string of the molecule is CC(C)CC(NC(=O)C(=Cc1ccc([N+](=O)[O-])cc1)NC(=O)c1ccco1)C(=O)O. The fourth-order valence-electron chi connectivity index (χ4n) is 2.54. The van der Waals surface area contributed by atoms with Gasteiger partial charge in [0, 0.05) is 12.1 Å². The highest BCUT2D eigenvalue weighted by atomic mass is 16.6. The molecule has 2 amide bonds. The van der Waals surface area contributed by atoms with Gasteiger partial charge in [0.1, 0.15) is 11.7 Å². The zero-order valence-corrected chi connectivity index (χ0v) is 16.3. The highest BCUT2D eigenvalue weighted by Crippen LogP contribution is 2.15. The second-order valence-electron chi connectivity index (χ2n) is 6.83. The molecule has 1 aromatic carbocycles. The summed E-state index contributed by atoms with van der Waals surface area (Å²) in [4.78, 5) is 46.7. The summed E-state index contributed by atoms with van der Waals surface area (Å²) in [5.41, 5.74) is 0.0159. The van der Waals surface area contributed by atoms with Crippen LogP contribution in [0.25, 0.3) is 6.08 Å². The van der Waals surface area contributed by atoms with Gasteiger partial charge in [0.15, 0.2) is 5.76 Å². The first-order valence-electron chi connectivity index (χ1n) is 9.02. The van der Waals surface area contributed by atoms with Crippen molar-refractivity contribution in [3.8, 4) is 0 Å². The van der Waals surface area contributed by atoms with E-state index in [-0.39, 0.29) is 29.5 Å². The van der Waals surface area contributed by atoms with E-state index in [0.717, 1.165) is 0 Å². The summed E-state index contributed by atoms with van der Waals surface area (Å²) in [6.45, 7) is 3.63. The van der Waals surface area contributed by atoms with Gasteiger partial charge in [-0.2, -0.15) is 0 Å². The largest absolute Gasteiger partial charge is 0.480 e. The molecule has 0 aliphatic carbocycles. The number of carbonyl (C=O) groups is 3. The lowest BCUT2D eigenvalue weighted by Gasteiger charge is -2.18. The summed E-state index contributed by atoms with van der Waals surface area (Å²) in [6.07, 6.45) is 2.77. The van der Waals surface area contributed by atoms with Crippen molar-refractivity contribution in [2.45, 2.75) is 26.3 Å². The zero-order chi connectivity index (χ0) is 22.3. The first-order valence-corrected chi connectivity index (χ1v) is 9.02. The number of non-ortho nitro benzene ring substituents is 1. The van der Waals surface area contributed by atoms with Crippen LogP contribution in [-0.2, 0) is 9.59 Å². The Balaban J connectivity index is 2.31. The van der Waals surface area contributed by atoms with Crippen LogP contribution in [0, 0.1) is 16.0 Å². The lowest BCUT2D eigenvalue weighted by molar-refractivity contribution is -0.384. The molecule has 0 saturated carbocycles. The second kappa shape index (κ2) is 10.0. The molecule has 0 aliphatic heterocycles. The van der Waals surface area contributed by atoms with E-state index in [1.165, 1.54) is 48.7 Å². The maximum absolute atomic E-state index is 12.7. The van der Waals surface area contributed by atoms with Crippen molar-refractivity contribution in [1.29, 1.82) is 0 Å². The summed E-state index contributed by atoms with van der Waals surface area (Å²) >= 11 is 0. The number of hydrogen-bond donors (Lipinski definition) is 3. The minimum atomic E-state index is -1.20. The Morgan fingerprint density at radius 1 is 1.20 bits per heavy atom. The van der Waals surface area contributed by atoms with Gasteiger partial charge in [-0.3, -0.25) is 19.7 Å². The summed E-state index contributed by atoms with van der Waals surface area (Å²) in [7, 11) is 0. The highest BCUT2D eigenvalue weighted by Gasteiger charge is 2.24. The quantitative estimate of drug-likeness (QED) is 0.323. The lowest BCUT2D eigenvalue weighted by Crippen LogP contribution is -2.44. The number of nitrogens with one attached hydrogen (secondary N) is 2. The minimum absolute atomic E-state index is 0.00575. The predicted octanol–water partition coefficient (Wildman–Crippen LogP) is 2.57. The first-order chi connectivity index (χ1) is 14.2. The Bertz CT molecular complexity index is 947. The molecular formula is C20H21N3O7. The van der Waals surface area contributed by atoms with E-state index in [1.807, 2.05) is 13.8 Å². The molecule has 1 heterocycles. The molecule has 2 rings (SSSR count). The number of nitro groups is 1. The molecule has 0 spiro atoms. The van der Waals surface area contributed by atoms with Crippen LogP contribution in [0.2, 0.25) is 0 Å². The minimum Gasteiger partial charge on any atom is -0.480 e. The van der Waals surface area contributed by atoms with Crippen LogP contribution in [0.5, 0.6) is 0 Å². The lowest BCUT2D eigenvalue weighted by atomic mass is 10.0. The number of benzene rings is 1. The molecule has 1 unspecified atom stereocenters. The number of furan rings is 1. The predicted molar refractivity (Wildman–Crippen MR) is 106 cm³/mol. The Kier molecular flexibility index (Phi) is 7.45. The van der Waals surface area contributed by atoms with Crippen molar-refractivity contribution in [2.24, 2.45) is 5.92 Å². The van der Waals surface area contributed by atoms with Crippen molar-refractivity contribution in [1.82, 2.24) is 10.6 Å². The number of carboxylic acid groups (broad SMARTS) is 1. The number of nitrogens with zero attached hydrogens (tertiary/aromatic N) is 1. The number of nitro benzene ring substituents is 1. The maximum atomic E-state index is 12.7. The molecule has 0 radical (unpaired) electrons. The molecule has 2 aromatic rings. The summed E-state index contributed by atoms with van der Waals surface area (Å²) < 4.78 is 5.00. The molecule has 10 heteroatoms. The molecule has 1 atom stereocenters. The van der Waals surface area contributed by atoms with Gasteiger partial charge in [0.2, 0.25) is 0 Å². The third-order valence-corrected chi connectivity index (χ3v) is 3.96. The number of amides is 2. The number of rotatable bonds is 9. The van der Waals surface area contributed by atoms with Crippen LogP contribution in [0.4, 0.5) is 5.69 Å². The van der Waals surface area contributed by atoms with Gasteiger partial charge < -0.3 is 20.2 Å². The molecule has 0 aliphatic rings. The second-order valence-corrected chi connectivity index (χ2v) is 6.83. The van der Waals surface area contributed by atoms with Crippen LogP contribution in [-0.4, -0.2) is 33.9 Å². The molecule has 0 saturated heterocycles. The van der Waals surface area contributed by atoms with Crippen molar-refractivity contribution in [3.05, 3.63) is 69.8 Å². The highest BCUT2D eigenvalue weighted by molar-refractivity contribution is 6.05. The molecule has 10 nitrogen and oxygen atoms in total. The number of carbonyl (C=O) groups excluding carboxylic acids is 2. The first kappa shape index (κ1) is 22.3. The molecule has 0 bridgehead atoms. The molecule has 30 heavy (non-hydrogen) atoms. The van der Waals surface area contributed by atoms with Crippen molar-refractivity contribution in [2.75, 3.05) is 0 Å². The van der Waals surface area contributed by atoms with Crippen LogP contribution >= 0.6 is 0 Å². The van der Waals surface area contributed by atoms with Crippen LogP contribution < -0.4 is 10.6 Å². The monoisotopic (exact) mass is 415 g/mol. The Labute approximate surface area is 171 Å². The smallest absolute Gasteiger partial charge is 0.326 e. The van der Waals surface area contributed by atoms with E-state index in [2.05, 4.69) is 10.6 Å². The fourth-order valence-corrected chi connectivity index (χ4v) is 2.54.